The van der Waals surface area contributed by atoms with Gasteiger partial charge in [-0.15, -0.1) is 11.3 Å². The van der Waals surface area contributed by atoms with Crippen molar-refractivity contribution in [3.8, 4) is 0 Å². The van der Waals surface area contributed by atoms with Gasteiger partial charge in [-0.05, 0) is 40.5 Å². The first-order valence-electron chi connectivity index (χ1n) is 8.86. The van der Waals surface area contributed by atoms with Crippen LogP contribution in [0.15, 0.2) is 46.3 Å². The van der Waals surface area contributed by atoms with Gasteiger partial charge in [0.15, 0.2) is 6.54 Å². The average molecular weight is 424 g/mol. The molecule has 0 bridgehead atoms. The predicted molar refractivity (Wildman–Crippen MR) is 105 cm³/mol. The second-order valence-corrected chi connectivity index (χ2v) is 9.31. The number of rotatable bonds is 6. The van der Waals surface area contributed by atoms with E-state index < -0.39 is 0 Å². The zero-order valence-corrected chi connectivity index (χ0v) is 17.0. The normalized spacial score (nSPS) is 21.7. The van der Waals surface area contributed by atoms with Gasteiger partial charge >= 0.3 is 0 Å². The van der Waals surface area contributed by atoms with E-state index in [-0.39, 0.29) is 11.9 Å². The van der Waals surface area contributed by atoms with Gasteiger partial charge in [0, 0.05) is 0 Å². The number of thiophene rings is 1. The summed E-state index contributed by atoms with van der Waals surface area (Å²) in [4.78, 5) is 16.8. The lowest BCUT2D eigenvalue weighted by atomic mass is 10.1. The summed E-state index contributed by atoms with van der Waals surface area (Å²) in [6.45, 7) is 8.11. The monoisotopic (exact) mass is 423 g/mol. The number of halogens is 1. The molecule has 1 aromatic carbocycles. The molecule has 4 nitrogen and oxygen atoms in total. The van der Waals surface area contributed by atoms with Gasteiger partial charge in [-0.2, -0.15) is 0 Å². The van der Waals surface area contributed by atoms with Crippen LogP contribution < -0.4 is 15.1 Å². The Hall–Kier alpha value is -1.21. The molecule has 0 spiro atoms. The van der Waals surface area contributed by atoms with E-state index in [4.69, 9.17) is 0 Å². The van der Waals surface area contributed by atoms with Gasteiger partial charge in [0.2, 0.25) is 0 Å². The highest BCUT2D eigenvalue weighted by Crippen LogP contribution is 2.21. The lowest BCUT2D eigenvalue weighted by molar-refractivity contribution is -1.01. The highest BCUT2D eigenvalue weighted by Gasteiger charge is 2.25. The van der Waals surface area contributed by atoms with Gasteiger partial charge in [0.25, 0.3) is 5.91 Å². The molecule has 2 aromatic rings. The molecule has 1 fully saturated rings. The van der Waals surface area contributed by atoms with E-state index in [2.05, 4.69) is 45.5 Å². The Bertz CT molecular complexity index is 683. The molecule has 2 heterocycles. The smallest absolute Gasteiger partial charge is 0.275 e. The molecule has 0 saturated carbocycles. The Morgan fingerprint density at radius 2 is 1.80 bits per heavy atom. The molecule has 6 heteroatoms. The number of amides is 1. The lowest BCUT2D eigenvalue weighted by Gasteiger charge is -2.29. The quantitative estimate of drug-likeness (QED) is 0.627. The highest BCUT2D eigenvalue weighted by atomic mass is 79.9. The fraction of sp³-hybridized carbons (Fsp3) is 0.421. The highest BCUT2D eigenvalue weighted by molar-refractivity contribution is 9.11. The first-order chi connectivity index (χ1) is 12.1. The summed E-state index contributed by atoms with van der Waals surface area (Å²) in [6.07, 6.45) is 0. The molecule has 1 aliphatic heterocycles. The van der Waals surface area contributed by atoms with E-state index in [9.17, 15) is 4.79 Å². The van der Waals surface area contributed by atoms with Crippen molar-refractivity contribution < 1.29 is 14.6 Å². The molecule has 1 saturated heterocycles. The van der Waals surface area contributed by atoms with Crippen molar-refractivity contribution in [2.45, 2.75) is 19.5 Å². The van der Waals surface area contributed by atoms with Gasteiger partial charge in [0.1, 0.15) is 32.7 Å². The lowest BCUT2D eigenvalue weighted by Crippen LogP contribution is -3.28. The second kappa shape index (κ2) is 8.94. The van der Waals surface area contributed by atoms with Crippen molar-refractivity contribution in [3.05, 3.63) is 56.7 Å². The van der Waals surface area contributed by atoms with E-state index in [1.165, 1.54) is 13.6 Å². The van der Waals surface area contributed by atoms with Gasteiger partial charge in [0.05, 0.1) is 14.7 Å². The minimum atomic E-state index is 0.0669. The fourth-order valence-corrected chi connectivity index (χ4v) is 4.90. The van der Waals surface area contributed by atoms with Crippen LogP contribution in [-0.4, -0.2) is 38.6 Å². The zero-order chi connectivity index (χ0) is 17.6. The molecular weight excluding hydrogens is 398 g/mol. The summed E-state index contributed by atoms with van der Waals surface area (Å²) >= 11 is 5.35. The van der Waals surface area contributed by atoms with Crippen molar-refractivity contribution in [1.29, 1.82) is 0 Å². The van der Waals surface area contributed by atoms with Crippen molar-refractivity contribution in [3.63, 3.8) is 0 Å². The van der Waals surface area contributed by atoms with Gasteiger partial charge < -0.3 is 15.1 Å². The number of carbonyl (C=O) groups is 1. The molecule has 1 amide bonds. The van der Waals surface area contributed by atoms with Crippen LogP contribution in [0.3, 0.4) is 0 Å². The van der Waals surface area contributed by atoms with Crippen molar-refractivity contribution in [2.24, 2.45) is 0 Å². The van der Waals surface area contributed by atoms with Crippen LogP contribution in [0, 0.1) is 0 Å². The molecule has 3 N–H and O–H groups in total. The first-order valence-corrected chi connectivity index (χ1v) is 10.5. The van der Waals surface area contributed by atoms with E-state index in [1.54, 1.807) is 4.90 Å². The minimum Gasteiger partial charge on any atom is -0.345 e. The number of hydrogen-bond donors (Lipinski definition) is 3. The topological polar surface area (TPSA) is 38.0 Å². The van der Waals surface area contributed by atoms with Crippen LogP contribution in [0.5, 0.6) is 0 Å². The molecular formula is C19H26BrN3OS+2. The Morgan fingerprint density at radius 1 is 1.12 bits per heavy atom. The number of nitrogens with one attached hydrogen (secondary N) is 3. The third-order valence-electron chi connectivity index (χ3n) is 4.80. The Labute approximate surface area is 162 Å². The maximum absolute atomic E-state index is 12.3. The SMILES string of the molecule is C[C@H](NC(=O)C[NH+]1CC[NH+](Cc2ccc(Br)s2)CC1)c1ccccc1. The summed E-state index contributed by atoms with van der Waals surface area (Å²) < 4.78 is 1.20. The van der Waals surface area contributed by atoms with Crippen molar-refractivity contribution in [2.75, 3.05) is 32.7 Å². The number of hydrogen-bond acceptors (Lipinski definition) is 2. The van der Waals surface area contributed by atoms with Crippen LogP contribution in [0.25, 0.3) is 0 Å². The summed E-state index contributed by atoms with van der Waals surface area (Å²) in [5.74, 6) is 0.150. The number of quaternary nitrogens is 2. The zero-order valence-electron chi connectivity index (χ0n) is 14.6. The summed E-state index contributed by atoms with van der Waals surface area (Å²) in [5.41, 5.74) is 1.15. The molecule has 3 rings (SSSR count). The standard InChI is InChI=1S/C19H24BrN3OS/c1-15(16-5-3-2-4-6-16)21-19(24)14-23-11-9-22(10-12-23)13-17-7-8-18(20)25-17/h2-8,15H,9-14H2,1H3,(H,21,24)/p+2/t15-/m0/s1. The second-order valence-electron chi connectivity index (χ2n) is 6.76. The summed E-state index contributed by atoms with van der Waals surface area (Å²) in [7, 11) is 0. The van der Waals surface area contributed by atoms with E-state index in [1.807, 2.05) is 36.5 Å². The van der Waals surface area contributed by atoms with Gasteiger partial charge in [-0.3, -0.25) is 4.79 Å². The number of piperazine rings is 1. The average Bonchev–Trinajstić information content (AvgIpc) is 3.02. The molecule has 0 aliphatic carbocycles. The van der Waals surface area contributed by atoms with Crippen LogP contribution >= 0.6 is 27.3 Å². The number of benzene rings is 1. The van der Waals surface area contributed by atoms with Crippen LogP contribution in [-0.2, 0) is 11.3 Å². The summed E-state index contributed by atoms with van der Waals surface area (Å²) in [6, 6.07) is 14.5. The Morgan fingerprint density at radius 3 is 2.44 bits per heavy atom. The van der Waals surface area contributed by atoms with E-state index >= 15 is 0 Å². The minimum absolute atomic E-state index is 0.0669. The van der Waals surface area contributed by atoms with Crippen molar-refractivity contribution in [1.82, 2.24) is 5.32 Å². The number of carbonyl (C=O) groups excluding carboxylic acids is 1. The molecule has 1 aromatic heterocycles. The third-order valence-corrected chi connectivity index (χ3v) is 6.43. The van der Waals surface area contributed by atoms with E-state index in [0.29, 0.717) is 6.54 Å². The van der Waals surface area contributed by atoms with Crippen molar-refractivity contribution >= 4 is 33.2 Å². The van der Waals surface area contributed by atoms with Crippen LogP contribution in [0.1, 0.15) is 23.4 Å². The molecule has 0 radical (unpaired) electrons. The molecule has 134 valence electrons. The third kappa shape index (κ3) is 5.64. The van der Waals surface area contributed by atoms with Gasteiger partial charge in [-0.1, -0.05) is 30.3 Å². The van der Waals surface area contributed by atoms with Crippen LogP contribution in [0.2, 0.25) is 0 Å². The molecule has 25 heavy (non-hydrogen) atoms. The molecule has 1 aliphatic rings. The molecule has 0 unspecified atom stereocenters. The Kier molecular flexibility index (Phi) is 6.64. The summed E-state index contributed by atoms with van der Waals surface area (Å²) in [5, 5.41) is 3.13. The fourth-order valence-electron chi connectivity index (χ4n) is 3.35. The largest absolute Gasteiger partial charge is 0.345 e. The maximum atomic E-state index is 12.3. The first kappa shape index (κ1) is 18.6. The molecule has 1 atom stereocenters. The Balaban J connectivity index is 1.40. The maximum Gasteiger partial charge on any atom is 0.275 e. The van der Waals surface area contributed by atoms with E-state index in [0.717, 1.165) is 38.3 Å². The van der Waals surface area contributed by atoms with Crippen LogP contribution in [0.4, 0.5) is 0 Å². The van der Waals surface area contributed by atoms with Gasteiger partial charge in [-0.25, -0.2) is 0 Å². The predicted octanol–water partition coefficient (Wildman–Crippen LogP) is 0.671.